The molecule has 0 aromatic carbocycles. The molecule has 0 saturated heterocycles. The molecule has 0 aliphatic heterocycles. The third-order valence-electron chi connectivity index (χ3n) is 1.89. The van der Waals surface area contributed by atoms with Crippen LogP contribution in [0.15, 0.2) is 4.52 Å². The third kappa shape index (κ3) is 4.90. The molecule has 1 heterocycles. The smallest absolute Gasteiger partial charge is 0.226 e. The summed E-state index contributed by atoms with van der Waals surface area (Å²) in [4.78, 5) is 4.14. The SMILES string of the molecule is CCCNCCOCc1noc(CC)n1. The van der Waals surface area contributed by atoms with Gasteiger partial charge in [-0.25, -0.2) is 0 Å². The highest BCUT2D eigenvalue weighted by Crippen LogP contribution is 1.98. The molecule has 1 aromatic rings. The Labute approximate surface area is 90.2 Å². The minimum absolute atomic E-state index is 0.428. The second kappa shape index (κ2) is 7.36. The van der Waals surface area contributed by atoms with Crippen LogP contribution >= 0.6 is 0 Å². The zero-order valence-corrected chi connectivity index (χ0v) is 9.45. The summed E-state index contributed by atoms with van der Waals surface area (Å²) < 4.78 is 10.3. The molecular weight excluding hydrogens is 194 g/mol. The number of rotatable bonds is 8. The van der Waals surface area contributed by atoms with E-state index in [1.807, 2.05) is 6.92 Å². The zero-order chi connectivity index (χ0) is 10.9. The molecule has 5 nitrogen and oxygen atoms in total. The summed E-state index contributed by atoms with van der Waals surface area (Å²) in [5, 5.41) is 7.04. The van der Waals surface area contributed by atoms with Gasteiger partial charge in [-0.05, 0) is 13.0 Å². The molecule has 1 N–H and O–H groups in total. The Morgan fingerprint density at radius 2 is 2.20 bits per heavy atom. The van der Waals surface area contributed by atoms with E-state index in [2.05, 4.69) is 22.4 Å². The van der Waals surface area contributed by atoms with Crippen molar-refractivity contribution >= 4 is 0 Å². The fourth-order valence-corrected chi connectivity index (χ4v) is 1.10. The van der Waals surface area contributed by atoms with Gasteiger partial charge in [0, 0.05) is 13.0 Å². The van der Waals surface area contributed by atoms with E-state index in [1.54, 1.807) is 0 Å². The minimum Gasteiger partial charge on any atom is -0.372 e. The molecule has 0 aliphatic rings. The van der Waals surface area contributed by atoms with Gasteiger partial charge in [0.1, 0.15) is 6.61 Å². The molecule has 0 unspecified atom stereocenters. The Kier molecular flexibility index (Phi) is 5.96. The van der Waals surface area contributed by atoms with Gasteiger partial charge in [-0.15, -0.1) is 0 Å². The van der Waals surface area contributed by atoms with Crippen molar-refractivity contribution in [3.63, 3.8) is 0 Å². The normalized spacial score (nSPS) is 10.8. The average Bonchev–Trinajstić information content (AvgIpc) is 2.71. The van der Waals surface area contributed by atoms with E-state index in [9.17, 15) is 0 Å². The highest BCUT2D eigenvalue weighted by atomic mass is 16.5. The van der Waals surface area contributed by atoms with Crippen LogP contribution < -0.4 is 5.32 Å². The molecule has 0 radical (unpaired) electrons. The number of aryl methyl sites for hydroxylation is 1. The summed E-state index contributed by atoms with van der Waals surface area (Å²) in [5.41, 5.74) is 0. The van der Waals surface area contributed by atoms with Gasteiger partial charge in [0.25, 0.3) is 0 Å². The van der Waals surface area contributed by atoms with Gasteiger partial charge in [0.05, 0.1) is 6.61 Å². The fraction of sp³-hybridized carbons (Fsp3) is 0.800. The van der Waals surface area contributed by atoms with E-state index in [-0.39, 0.29) is 0 Å². The van der Waals surface area contributed by atoms with E-state index in [4.69, 9.17) is 9.26 Å². The second-order valence-electron chi connectivity index (χ2n) is 3.26. The van der Waals surface area contributed by atoms with Crippen LogP contribution in [-0.4, -0.2) is 29.8 Å². The first kappa shape index (κ1) is 12.1. The lowest BCUT2D eigenvalue weighted by molar-refractivity contribution is 0.115. The predicted octanol–water partition coefficient (Wildman–Crippen LogP) is 1.15. The molecule has 15 heavy (non-hydrogen) atoms. The van der Waals surface area contributed by atoms with Crippen molar-refractivity contribution in [2.75, 3.05) is 19.7 Å². The Bertz CT molecular complexity index is 263. The first-order chi connectivity index (χ1) is 7.36. The molecule has 0 saturated carbocycles. The van der Waals surface area contributed by atoms with Crippen LogP contribution in [0.25, 0.3) is 0 Å². The summed E-state index contributed by atoms with van der Waals surface area (Å²) in [7, 11) is 0. The molecule has 0 atom stereocenters. The van der Waals surface area contributed by atoms with Crippen molar-refractivity contribution < 1.29 is 9.26 Å². The molecule has 0 amide bonds. The highest BCUT2D eigenvalue weighted by Gasteiger charge is 2.03. The van der Waals surface area contributed by atoms with Crippen molar-refractivity contribution in [3.05, 3.63) is 11.7 Å². The maximum atomic E-state index is 5.38. The van der Waals surface area contributed by atoms with Crippen LogP contribution in [0, 0.1) is 0 Å². The van der Waals surface area contributed by atoms with Gasteiger partial charge in [-0.1, -0.05) is 19.0 Å². The van der Waals surface area contributed by atoms with Gasteiger partial charge < -0.3 is 14.6 Å². The minimum atomic E-state index is 0.428. The average molecular weight is 213 g/mol. The monoisotopic (exact) mass is 213 g/mol. The Morgan fingerprint density at radius 3 is 2.87 bits per heavy atom. The molecular formula is C10H19N3O2. The lowest BCUT2D eigenvalue weighted by Crippen LogP contribution is -2.20. The quantitative estimate of drug-likeness (QED) is 0.656. The number of nitrogens with zero attached hydrogens (tertiary/aromatic N) is 2. The maximum Gasteiger partial charge on any atom is 0.226 e. The van der Waals surface area contributed by atoms with Gasteiger partial charge in [0.15, 0.2) is 5.82 Å². The molecule has 0 spiro atoms. The zero-order valence-electron chi connectivity index (χ0n) is 9.45. The number of hydrogen-bond acceptors (Lipinski definition) is 5. The van der Waals surface area contributed by atoms with Gasteiger partial charge in [-0.3, -0.25) is 0 Å². The molecule has 1 rings (SSSR count). The number of nitrogens with one attached hydrogen (secondary N) is 1. The number of hydrogen-bond donors (Lipinski definition) is 1. The number of ether oxygens (including phenoxy) is 1. The Balaban J connectivity index is 2.04. The summed E-state index contributed by atoms with van der Waals surface area (Å²) in [5.74, 6) is 1.29. The van der Waals surface area contributed by atoms with E-state index in [1.165, 1.54) is 0 Å². The Hall–Kier alpha value is -0.940. The topological polar surface area (TPSA) is 60.2 Å². The van der Waals surface area contributed by atoms with E-state index >= 15 is 0 Å². The summed E-state index contributed by atoms with van der Waals surface area (Å²) >= 11 is 0. The summed E-state index contributed by atoms with van der Waals surface area (Å²) in [6.07, 6.45) is 1.91. The molecule has 86 valence electrons. The standard InChI is InChI=1S/C10H19N3O2/c1-3-5-11-6-7-14-8-9-12-10(4-2)15-13-9/h11H,3-8H2,1-2H3. The van der Waals surface area contributed by atoms with Crippen LogP contribution in [0.5, 0.6) is 0 Å². The van der Waals surface area contributed by atoms with Crippen LogP contribution in [0.4, 0.5) is 0 Å². The first-order valence-corrected chi connectivity index (χ1v) is 5.46. The highest BCUT2D eigenvalue weighted by molar-refractivity contribution is 4.83. The summed E-state index contributed by atoms with van der Waals surface area (Å²) in [6, 6.07) is 0. The molecule has 0 fully saturated rings. The van der Waals surface area contributed by atoms with Crippen LogP contribution in [0.3, 0.4) is 0 Å². The van der Waals surface area contributed by atoms with Crippen LogP contribution in [0.1, 0.15) is 32.0 Å². The predicted molar refractivity (Wildman–Crippen MR) is 56.5 cm³/mol. The molecule has 0 aliphatic carbocycles. The van der Waals surface area contributed by atoms with Gasteiger partial charge in [0.2, 0.25) is 5.89 Å². The molecule has 5 heteroatoms. The fourth-order valence-electron chi connectivity index (χ4n) is 1.10. The number of aromatic nitrogens is 2. The Morgan fingerprint density at radius 1 is 1.33 bits per heavy atom. The van der Waals surface area contributed by atoms with Crippen molar-refractivity contribution in [1.29, 1.82) is 0 Å². The lowest BCUT2D eigenvalue weighted by atomic mass is 10.5. The third-order valence-corrected chi connectivity index (χ3v) is 1.89. The molecule has 1 aromatic heterocycles. The van der Waals surface area contributed by atoms with Crippen molar-refractivity contribution in [1.82, 2.24) is 15.5 Å². The van der Waals surface area contributed by atoms with Crippen molar-refractivity contribution in [3.8, 4) is 0 Å². The van der Waals surface area contributed by atoms with Crippen molar-refractivity contribution in [2.45, 2.75) is 33.3 Å². The first-order valence-electron chi connectivity index (χ1n) is 5.46. The van der Waals surface area contributed by atoms with Gasteiger partial charge >= 0.3 is 0 Å². The van der Waals surface area contributed by atoms with Crippen molar-refractivity contribution in [2.24, 2.45) is 0 Å². The summed E-state index contributed by atoms with van der Waals surface area (Å²) in [6.45, 7) is 7.12. The maximum absolute atomic E-state index is 5.38. The van der Waals surface area contributed by atoms with Crippen LogP contribution in [0.2, 0.25) is 0 Å². The van der Waals surface area contributed by atoms with Crippen LogP contribution in [-0.2, 0) is 17.8 Å². The second-order valence-corrected chi connectivity index (χ2v) is 3.26. The van der Waals surface area contributed by atoms with Gasteiger partial charge in [-0.2, -0.15) is 4.98 Å². The molecule has 0 bridgehead atoms. The van der Waals surface area contributed by atoms with E-state index < -0.39 is 0 Å². The largest absolute Gasteiger partial charge is 0.372 e. The lowest BCUT2D eigenvalue weighted by Gasteiger charge is -2.02. The van der Waals surface area contributed by atoms with E-state index in [0.29, 0.717) is 24.9 Å². The van der Waals surface area contributed by atoms with E-state index in [0.717, 1.165) is 25.9 Å².